The van der Waals surface area contributed by atoms with Crippen molar-refractivity contribution in [1.82, 2.24) is 0 Å². The summed E-state index contributed by atoms with van der Waals surface area (Å²) in [5, 5.41) is 11.2. The molecule has 79 valence electrons. The average molecular weight is 233 g/mol. The van der Waals surface area contributed by atoms with Crippen molar-refractivity contribution < 1.29 is 4.92 Å². The monoisotopic (exact) mass is 232 g/mol. The maximum atomic E-state index is 10.6. The molecule has 0 heterocycles. The summed E-state index contributed by atoms with van der Waals surface area (Å²) in [5.74, 6) is 0. The second kappa shape index (κ2) is 4.33. The molecule has 0 aliphatic carbocycles. The van der Waals surface area contributed by atoms with Gasteiger partial charge in [0.2, 0.25) is 0 Å². The van der Waals surface area contributed by atoms with Crippen molar-refractivity contribution in [3.63, 3.8) is 0 Å². The lowest BCUT2D eigenvalue weighted by atomic mass is 10.1. The van der Waals surface area contributed by atoms with Gasteiger partial charge in [-0.25, -0.2) is 0 Å². The Balaban J connectivity index is 2.48. The van der Waals surface area contributed by atoms with Crippen molar-refractivity contribution in [2.45, 2.75) is 0 Å². The zero-order chi connectivity index (χ0) is 11.5. The fourth-order valence-electron chi connectivity index (χ4n) is 1.39. The number of nitro benzene ring substituents is 1. The van der Waals surface area contributed by atoms with Gasteiger partial charge >= 0.3 is 0 Å². The fourth-order valence-corrected chi connectivity index (χ4v) is 1.56. The summed E-state index contributed by atoms with van der Waals surface area (Å²) >= 11 is 5.84. The van der Waals surface area contributed by atoms with E-state index in [2.05, 4.69) is 6.07 Å². The first-order valence-corrected chi connectivity index (χ1v) is 4.97. The molecule has 0 spiro atoms. The van der Waals surface area contributed by atoms with Crippen molar-refractivity contribution in [3.05, 3.63) is 63.7 Å². The maximum absolute atomic E-state index is 10.6. The third-order valence-corrected chi connectivity index (χ3v) is 2.37. The normalized spacial score (nSPS) is 10.1. The Hall–Kier alpha value is -1.87. The van der Waals surface area contributed by atoms with Crippen LogP contribution in [0, 0.1) is 16.2 Å². The first kappa shape index (κ1) is 10.6. The number of hydrogen-bond acceptors (Lipinski definition) is 2. The third-order valence-electron chi connectivity index (χ3n) is 2.13. The van der Waals surface area contributed by atoms with Crippen LogP contribution in [-0.4, -0.2) is 4.92 Å². The molecule has 16 heavy (non-hydrogen) atoms. The summed E-state index contributed by atoms with van der Waals surface area (Å²) in [4.78, 5) is 10.2. The van der Waals surface area contributed by atoms with E-state index >= 15 is 0 Å². The summed E-state index contributed by atoms with van der Waals surface area (Å²) in [6.07, 6.45) is 0. The van der Waals surface area contributed by atoms with Gasteiger partial charge in [0.1, 0.15) is 0 Å². The molecular weight excluding hydrogens is 226 g/mol. The van der Waals surface area contributed by atoms with E-state index in [9.17, 15) is 10.1 Å². The SMILES string of the molecule is O=[N+]([O-])c1cccc(-c2[c]ccc(Cl)c2)c1. The Morgan fingerprint density at radius 2 is 2.06 bits per heavy atom. The topological polar surface area (TPSA) is 43.1 Å². The molecule has 4 heteroatoms. The Morgan fingerprint density at radius 3 is 2.75 bits per heavy atom. The maximum Gasteiger partial charge on any atom is 0.270 e. The Bertz CT molecular complexity index is 540. The minimum absolute atomic E-state index is 0.0610. The molecule has 0 saturated carbocycles. The molecule has 0 N–H and O–H groups in total. The smallest absolute Gasteiger partial charge is 0.258 e. The Kier molecular flexibility index (Phi) is 2.88. The van der Waals surface area contributed by atoms with Gasteiger partial charge < -0.3 is 0 Å². The van der Waals surface area contributed by atoms with E-state index in [0.717, 1.165) is 11.1 Å². The van der Waals surface area contributed by atoms with Crippen LogP contribution in [0.3, 0.4) is 0 Å². The number of nitro groups is 1. The highest BCUT2D eigenvalue weighted by atomic mass is 35.5. The molecule has 0 aliphatic heterocycles. The van der Waals surface area contributed by atoms with Gasteiger partial charge in [0.15, 0.2) is 0 Å². The van der Waals surface area contributed by atoms with Gasteiger partial charge in [-0.3, -0.25) is 10.1 Å². The lowest BCUT2D eigenvalue weighted by molar-refractivity contribution is -0.384. The lowest BCUT2D eigenvalue weighted by Gasteiger charge is -2.01. The highest BCUT2D eigenvalue weighted by Gasteiger charge is 2.07. The van der Waals surface area contributed by atoms with E-state index < -0.39 is 4.92 Å². The first-order valence-electron chi connectivity index (χ1n) is 4.59. The molecule has 1 radical (unpaired) electrons. The number of rotatable bonds is 2. The molecule has 0 aromatic heterocycles. The van der Waals surface area contributed by atoms with Crippen molar-refractivity contribution in [2.75, 3.05) is 0 Å². The van der Waals surface area contributed by atoms with Crippen LogP contribution in [0.5, 0.6) is 0 Å². The Labute approximate surface area is 97.4 Å². The molecule has 2 rings (SSSR count). The van der Waals surface area contributed by atoms with Crippen molar-refractivity contribution in [1.29, 1.82) is 0 Å². The summed E-state index contributed by atoms with van der Waals surface area (Å²) in [6, 6.07) is 14.5. The molecule has 2 aromatic carbocycles. The highest BCUT2D eigenvalue weighted by molar-refractivity contribution is 6.30. The van der Waals surface area contributed by atoms with Crippen LogP contribution in [0.1, 0.15) is 0 Å². The van der Waals surface area contributed by atoms with E-state index in [0.29, 0.717) is 5.02 Å². The molecule has 0 fully saturated rings. The van der Waals surface area contributed by atoms with Crippen LogP contribution in [0.4, 0.5) is 5.69 Å². The van der Waals surface area contributed by atoms with Crippen LogP contribution in [-0.2, 0) is 0 Å². The van der Waals surface area contributed by atoms with Gasteiger partial charge in [-0.05, 0) is 29.3 Å². The number of nitrogens with zero attached hydrogens (tertiary/aromatic N) is 1. The minimum atomic E-state index is -0.423. The van der Waals surface area contributed by atoms with Crippen LogP contribution < -0.4 is 0 Å². The fraction of sp³-hybridized carbons (Fsp3) is 0. The molecule has 0 aliphatic rings. The third kappa shape index (κ3) is 2.20. The molecule has 0 bridgehead atoms. The van der Waals surface area contributed by atoms with Crippen LogP contribution >= 0.6 is 11.6 Å². The quantitative estimate of drug-likeness (QED) is 0.585. The summed E-state index contributed by atoms with van der Waals surface area (Å²) in [7, 11) is 0. The van der Waals surface area contributed by atoms with Crippen LogP contribution in [0.25, 0.3) is 11.1 Å². The first-order chi connectivity index (χ1) is 7.66. The van der Waals surface area contributed by atoms with Gasteiger partial charge in [-0.15, -0.1) is 0 Å². The largest absolute Gasteiger partial charge is 0.270 e. The van der Waals surface area contributed by atoms with Crippen LogP contribution in [0.15, 0.2) is 42.5 Å². The van der Waals surface area contributed by atoms with E-state index in [-0.39, 0.29) is 5.69 Å². The average Bonchev–Trinajstić information content (AvgIpc) is 2.29. The lowest BCUT2D eigenvalue weighted by Crippen LogP contribution is -1.88. The van der Waals surface area contributed by atoms with Crippen molar-refractivity contribution in [3.8, 4) is 11.1 Å². The van der Waals surface area contributed by atoms with Gasteiger partial charge in [0, 0.05) is 17.2 Å². The number of non-ortho nitro benzene ring substituents is 1. The standard InChI is InChI=1S/C12H7ClNO2/c13-11-5-1-3-9(7-11)10-4-2-6-12(8-10)14(15)16/h1-2,4-8H. The predicted molar refractivity (Wildman–Crippen MR) is 62.4 cm³/mol. The Morgan fingerprint density at radius 1 is 1.25 bits per heavy atom. The molecule has 0 unspecified atom stereocenters. The van der Waals surface area contributed by atoms with Gasteiger partial charge in [0.25, 0.3) is 5.69 Å². The summed E-state index contributed by atoms with van der Waals surface area (Å²) < 4.78 is 0. The van der Waals surface area contributed by atoms with Crippen molar-refractivity contribution >= 4 is 17.3 Å². The number of halogens is 1. The van der Waals surface area contributed by atoms with Crippen LogP contribution in [0.2, 0.25) is 5.02 Å². The molecule has 3 nitrogen and oxygen atoms in total. The molecular formula is C12H7ClNO2. The zero-order valence-electron chi connectivity index (χ0n) is 8.18. The molecule has 0 amide bonds. The number of benzene rings is 2. The van der Waals surface area contributed by atoms with E-state index in [4.69, 9.17) is 11.6 Å². The molecule has 0 atom stereocenters. The number of hydrogen-bond donors (Lipinski definition) is 0. The second-order valence-corrected chi connectivity index (χ2v) is 3.66. The van der Waals surface area contributed by atoms with E-state index in [1.54, 1.807) is 30.3 Å². The van der Waals surface area contributed by atoms with Gasteiger partial charge in [-0.1, -0.05) is 29.8 Å². The minimum Gasteiger partial charge on any atom is -0.258 e. The van der Waals surface area contributed by atoms with Gasteiger partial charge in [-0.2, -0.15) is 0 Å². The molecule has 0 saturated heterocycles. The molecule has 2 aromatic rings. The zero-order valence-corrected chi connectivity index (χ0v) is 8.94. The summed E-state index contributed by atoms with van der Waals surface area (Å²) in [5.41, 5.74) is 1.54. The predicted octanol–water partition coefficient (Wildman–Crippen LogP) is 3.72. The highest BCUT2D eigenvalue weighted by Crippen LogP contribution is 2.25. The van der Waals surface area contributed by atoms with Gasteiger partial charge in [0.05, 0.1) is 4.92 Å². The van der Waals surface area contributed by atoms with Crippen molar-refractivity contribution in [2.24, 2.45) is 0 Å². The van der Waals surface area contributed by atoms with E-state index in [1.165, 1.54) is 12.1 Å². The van der Waals surface area contributed by atoms with E-state index in [1.807, 2.05) is 0 Å². The second-order valence-electron chi connectivity index (χ2n) is 3.23. The summed E-state index contributed by atoms with van der Waals surface area (Å²) in [6.45, 7) is 0.